The molecule has 0 spiro atoms. The van der Waals surface area contributed by atoms with Crippen molar-refractivity contribution in [1.29, 1.82) is 0 Å². The molecule has 1 heterocycles. The highest BCUT2D eigenvalue weighted by atomic mass is 19.1. The molecule has 0 aliphatic heterocycles. The van der Waals surface area contributed by atoms with Crippen LogP contribution in [0.5, 0.6) is 11.5 Å². The zero-order valence-corrected chi connectivity index (χ0v) is 11.7. The van der Waals surface area contributed by atoms with E-state index in [9.17, 15) is 9.18 Å². The molecule has 5 nitrogen and oxygen atoms in total. The molecule has 0 saturated heterocycles. The number of anilines is 1. The number of pyridine rings is 1. The molecule has 2 N–H and O–H groups in total. The minimum Gasteiger partial charge on any atom is -0.462 e. The molecule has 110 valence electrons. The van der Waals surface area contributed by atoms with E-state index in [4.69, 9.17) is 15.2 Å². The first kappa shape index (κ1) is 14.8. The van der Waals surface area contributed by atoms with E-state index >= 15 is 0 Å². The van der Waals surface area contributed by atoms with Gasteiger partial charge in [-0.1, -0.05) is 0 Å². The van der Waals surface area contributed by atoms with Gasteiger partial charge in [-0.2, -0.15) is 0 Å². The van der Waals surface area contributed by atoms with Crippen LogP contribution in [0.4, 0.5) is 10.1 Å². The second-order valence-electron chi connectivity index (χ2n) is 4.33. The Bertz CT molecular complexity index is 657. The van der Waals surface area contributed by atoms with Gasteiger partial charge in [0.25, 0.3) is 0 Å². The average molecular weight is 290 g/mol. The standard InChI is InChI=1S/C15H15FN2O3/c1-3-20-15(19)11-6-14(12(16)7-13(11)17)21-10-5-4-9(2)18-8-10/h4-8H,3,17H2,1-2H3. The lowest BCUT2D eigenvalue weighted by Crippen LogP contribution is -2.09. The van der Waals surface area contributed by atoms with Crippen molar-refractivity contribution in [3.05, 3.63) is 47.5 Å². The lowest BCUT2D eigenvalue weighted by atomic mass is 10.1. The van der Waals surface area contributed by atoms with Gasteiger partial charge in [-0.25, -0.2) is 9.18 Å². The molecule has 0 unspecified atom stereocenters. The second kappa shape index (κ2) is 6.21. The molecule has 0 atom stereocenters. The lowest BCUT2D eigenvalue weighted by Gasteiger charge is -2.10. The Morgan fingerprint density at radius 3 is 2.76 bits per heavy atom. The summed E-state index contributed by atoms with van der Waals surface area (Å²) in [6, 6.07) is 5.64. The molecule has 6 heteroatoms. The van der Waals surface area contributed by atoms with Crippen molar-refractivity contribution in [1.82, 2.24) is 4.98 Å². The van der Waals surface area contributed by atoms with Gasteiger partial charge in [-0.3, -0.25) is 4.98 Å². The topological polar surface area (TPSA) is 74.4 Å². The molecule has 1 aromatic carbocycles. The zero-order valence-electron chi connectivity index (χ0n) is 11.7. The fourth-order valence-electron chi connectivity index (χ4n) is 1.67. The van der Waals surface area contributed by atoms with Gasteiger partial charge in [0.1, 0.15) is 5.75 Å². The monoisotopic (exact) mass is 290 g/mol. The van der Waals surface area contributed by atoms with Crippen LogP contribution in [0.15, 0.2) is 30.5 Å². The first-order chi connectivity index (χ1) is 10.0. The number of aromatic nitrogens is 1. The molecule has 2 rings (SSSR count). The van der Waals surface area contributed by atoms with E-state index in [2.05, 4.69) is 4.98 Å². The number of halogens is 1. The third-order valence-electron chi connectivity index (χ3n) is 2.71. The lowest BCUT2D eigenvalue weighted by molar-refractivity contribution is 0.0527. The number of hydrogen-bond acceptors (Lipinski definition) is 5. The molecule has 0 radical (unpaired) electrons. The minimum absolute atomic E-state index is 0.000307. The predicted octanol–water partition coefficient (Wildman–Crippen LogP) is 3.08. The third kappa shape index (κ3) is 3.47. The van der Waals surface area contributed by atoms with E-state index in [0.29, 0.717) is 5.75 Å². The van der Waals surface area contributed by atoms with Gasteiger partial charge in [-0.15, -0.1) is 0 Å². The van der Waals surface area contributed by atoms with E-state index in [1.807, 2.05) is 6.92 Å². The van der Waals surface area contributed by atoms with Crippen molar-refractivity contribution >= 4 is 11.7 Å². The Kier molecular flexibility index (Phi) is 4.37. The molecular formula is C15H15FN2O3. The highest BCUT2D eigenvalue weighted by Gasteiger charge is 2.16. The Morgan fingerprint density at radius 1 is 1.38 bits per heavy atom. The second-order valence-corrected chi connectivity index (χ2v) is 4.33. The van der Waals surface area contributed by atoms with Gasteiger partial charge in [0.15, 0.2) is 11.6 Å². The van der Waals surface area contributed by atoms with Gasteiger partial charge in [0.2, 0.25) is 0 Å². The quantitative estimate of drug-likeness (QED) is 0.692. The number of ether oxygens (including phenoxy) is 2. The molecular weight excluding hydrogens is 275 g/mol. The summed E-state index contributed by atoms with van der Waals surface area (Å²) in [5.74, 6) is -1.04. The Labute approximate surface area is 121 Å². The number of esters is 1. The molecule has 21 heavy (non-hydrogen) atoms. The van der Waals surface area contributed by atoms with Crippen LogP contribution in [0, 0.1) is 12.7 Å². The molecule has 0 aliphatic rings. The van der Waals surface area contributed by atoms with Crippen LogP contribution in [0.2, 0.25) is 0 Å². The predicted molar refractivity (Wildman–Crippen MR) is 75.8 cm³/mol. The number of nitrogens with zero attached hydrogens (tertiary/aromatic N) is 1. The van der Waals surface area contributed by atoms with Crippen molar-refractivity contribution in [2.24, 2.45) is 0 Å². The molecule has 0 aliphatic carbocycles. The molecule has 2 aromatic rings. The highest BCUT2D eigenvalue weighted by Crippen LogP contribution is 2.28. The highest BCUT2D eigenvalue weighted by molar-refractivity contribution is 5.95. The van der Waals surface area contributed by atoms with Gasteiger partial charge in [-0.05, 0) is 26.0 Å². The number of carbonyl (C=O) groups is 1. The van der Waals surface area contributed by atoms with Gasteiger partial charge in [0, 0.05) is 23.5 Å². The SMILES string of the molecule is CCOC(=O)c1cc(Oc2ccc(C)nc2)c(F)cc1N. The van der Waals surface area contributed by atoms with Crippen molar-refractivity contribution in [3.63, 3.8) is 0 Å². The summed E-state index contributed by atoms with van der Waals surface area (Å²) in [4.78, 5) is 15.8. The van der Waals surface area contributed by atoms with Crippen molar-refractivity contribution in [2.45, 2.75) is 13.8 Å². The molecule has 1 aromatic heterocycles. The molecule has 0 amide bonds. The third-order valence-corrected chi connectivity index (χ3v) is 2.71. The minimum atomic E-state index is -0.666. The van der Waals surface area contributed by atoms with Crippen LogP contribution in [0.1, 0.15) is 23.0 Å². The van der Waals surface area contributed by atoms with E-state index < -0.39 is 11.8 Å². The number of carbonyl (C=O) groups excluding carboxylic acids is 1. The van der Waals surface area contributed by atoms with Gasteiger partial charge < -0.3 is 15.2 Å². The molecule has 0 saturated carbocycles. The first-order valence-corrected chi connectivity index (χ1v) is 6.38. The van der Waals surface area contributed by atoms with Crippen LogP contribution < -0.4 is 10.5 Å². The van der Waals surface area contributed by atoms with Crippen LogP contribution in [-0.4, -0.2) is 17.6 Å². The summed E-state index contributed by atoms with van der Waals surface area (Å²) in [5.41, 5.74) is 6.50. The maximum atomic E-state index is 13.9. The van der Waals surface area contributed by atoms with E-state index in [1.54, 1.807) is 19.1 Å². The fourth-order valence-corrected chi connectivity index (χ4v) is 1.67. The van der Waals surface area contributed by atoms with Crippen molar-refractivity contribution < 1.29 is 18.7 Å². The average Bonchev–Trinajstić information content (AvgIpc) is 2.44. The van der Waals surface area contributed by atoms with E-state index in [-0.39, 0.29) is 23.6 Å². The van der Waals surface area contributed by atoms with E-state index in [0.717, 1.165) is 11.8 Å². The number of hydrogen-bond donors (Lipinski definition) is 1. The summed E-state index contributed by atoms with van der Waals surface area (Å²) in [6.07, 6.45) is 1.47. The fraction of sp³-hybridized carbons (Fsp3) is 0.200. The molecule has 0 fully saturated rings. The number of nitrogens with two attached hydrogens (primary N) is 1. The Hall–Kier alpha value is -2.63. The number of aryl methyl sites for hydroxylation is 1. The Balaban J connectivity index is 2.32. The summed E-state index contributed by atoms with van der Waals surface area (Å²) >= 11 is 0. The number of rotatable bonds is 4. The van der Waals surface area contributed by atoms with Crippen LogP contribution >= 0.6 is 0 Å². The van der Waals surface area contributed by atoms with Crippen LogP contribution in [0.3, 0.4) is 0 Å². The number of nitrogen functional groups attached to an aromatic ring is 1. The van der Waals surface area contributed by atoms with Gasteiger partial charge >= 0.3 is 5.97 Å². The van der Waals surface area contributed by atoms with E-state index in [1.165, 1.54) is 12.3 Å². The number of benzene rings is 1. The maximum absolute atomic E-state index is 13.9. The summed E-state index contributed by atoms with van der Waals surface area (Å²) < 4.78 is 24.1. The normalized spacial score (nSPS) is 10.2. The summed E-state index contributed by atoms with van der Waals surface area (Å²) in [5, 5.41) is 0. The van der Waals surface area contributed by atoms with Gasteiger partial charge in [0.05, 0.1) is 18.4 Å². The maximum Gasteiger partial charge on any atom is 0.340 e. The summed E-state index contributed by atoms with van der Waals surface area (Å²) in [6.45, 7) is 3.70. The first-order valence-electron chi connectivity index (χ1n) is 6.38. The van der Waals surface area contributed by atoms with Crippen molar-refractivity contribution in [3.8, 4) is 11.5 Å². The van der Waals surface area contributed by atoms with Crippen LogP contribution in [-0.2, 0) is 4.74 Å². The van der Waals surface area contributed by atoms with Crippen molar-refractivity contribution in [2.75, 3.05) is 12.3 Å². The molecule has 0 bridgehead atoms. The zero-order chi connectivity index (χ0) is 15.4. The largest absolute Gasteiger partial charge is 0.462 e. The van der Waals surface area contributed by atoms with Crippen LogP contribution in [0.25, 0.3) is 0 Å². The summed E-state index contributed by atoms with van der Waals surface area (Å²) in [7, 11) is 0. The Morgan fingerprint density at radius 2 is 2.14 bits per heavy atom. The smallest absolute Gasteiger partial charge is 0.340 e.